The Bertz CT molecular complexity index is 541. The van der Waals surface area contributed by atoms with Crippen molar-refractivity contribution in [1.29, 1.82) is 0 Å². The molecule has 20 heavy (non-hydrogen) atoms. The molecule has 0 aliphatic carbocycles. The molecule has 5 heteroatoms. The number of nitrogens with zero attached hydrogens (tertiary/aromatic N) is 2. The Hall–Kier alpha value is -1.46. The molecule has 0 spiro atoms. The summed E-state index contributed by atoms with van der Waals surface area (Å²) in [5, 5.41) is 5.75. The van der Waals surface area contributed by atoms with E-state index in [-0.39, 0.29) is 0 Å². The molecule has 1 atom stereocenters. The molecule has 1 unspecified atom stereocenters. The highest BCUT2D eigenvalue weighted by Gasteiger charge is 2.16. The van der Waals surface area contributed by atoms with Crippen LogP contribution in [0, 0.1) is 6.92 Å². The minimum Gasteiger partial charge on any atom is -0.481 e. The van der Waals surface area contributed by atoms with Gasteiger partial charge in [0, 0.05) is 29.1 Å². The van der Waals surface area contributed by atoms with Crippen molar-refractivity contribution in [1.82, 2.24) is 15.3 Å². The number of nitrogens with one attached hydrogen (secondary N) is 1. The minimum absolute atomic E-state index is 0.301. The Morgan fingerprint density at radius 1 is 1.40 bits per heavy atom. The van der Waals surface area contributed by atoms with Gasteiger partial charge in [0.2, 0.25) is 5.88 Å². The van der Waals surface area contributed by atoms with Gasteiger partial charge in [-0.3, -0.25) is 0 Å². The molecule has 0 saturated heterocycles. The first-order chi connectivity index (χ1) is 9.74. The Morgan fingerprint density at radius 2 is 2.25 bits per heavy atom. The van der Waals surface area contributed by atoms with E-state index in [0.29, 0.717) is 11.9 Å². The predicted octanol–water partition coefficient (Wildman–Crippen LogP) is 3.14. The highest BCUT2D eigenvalue weighted by atomic mass is 32.1. The van der Waals surface area contributed by atoms with Crippen molar-refractivity contribution in [2.24, 2.45) is 0 Å². The van der Waals surface area contributed by atoms with Crippen LogP contribution >= 0.6 is 11.3 Å². The molecule has 0 amide bonds. The summed E-state index contributed by atoms with van der Waals surface area (Å²) in [7, 11) is 1.63. The van der Waals surface area contributed by atoms with Crippen LogP contribution in [-0.4, -0.2) is 23.6 Å². The van der Waals surface area contributed by atoms with Gasteiger partial charge in [0.1, 0.15) is 6.33 Å². The van der Waals surface area contributed by atoms with Gasteiger partial charge in [-0.25, -0.2) is 9.97 Å². The lowest BCUT2D eigenvalue weighted by Crippen LogP contribution is -2.24. The third-order valence-corrected chi connectivity index (χ3v) is 4.31. The normalized spacial score (nSPS) is 12.3. The van der Waals surface area contributed by atoms with E-state index >= 15 is 0 Å². The third kappa shape index (κ3) is 3.77. The fourth-order valence-corrected chi connectivity index (χ4v) is 3.13. The number of aromatic nitrogens is 2. The molecular weight excluding hydrogens is 270 g/mol. The van der Waals surface area contributed by atoms with Crippen LogP contribution in [0.25, 0.3) is 0 Å². The maximum Gasteiger partial charge on any atom is 0.216 e. The van der Waals surface area contributed by atoms with Crippen molar-refractivity contribution in [3.63, 3.8) is 0 Å². The Morgan fingerprint density at radius 3 is 2.90 bits per heavy atom. The van der Waals surface area contributed by atoms with Crippen LogP contribution in [0.15, 0.2) is 23.8 Å². The zero-order valence-corrected chi connectivity index (χ0v) is 13.0. The Labute approximate surface area is 124 Å². The van der Waals surface area contributed by atoms with Crippen molar-refractivity contribution in [2.45, 2.75) is 32.7 Å². The molecule has 0 aromatic carbocycles. The molecule has 1 N–H and O–H groups in total. The second-order valence-electron chi connectivity index (χ2n) is 4.73. The summed E-state index contributed by atoms with van der Waals surface area (Å²) < 4.78 is 5.16. The van der Waals surface area contributed by atoms with Gasteiger partial charge in [0.15, 0.2) is 0 Å². The summed E-state index contributed by atoms with van der Waals surface area (Å²) >= 11 is 1.80. The molecule has 2 rings (SSSR count). The summed E-state index contributed by atoms with van der Waals surface area (Å²) in [4.78, 5) is 9.79. The summed E-state index contributed by atoms with van der Waals surface area (Å²) in [6.07, 6.45) is 3.53. The molecule has 2 aromatic heterocycles. The van der Waals surface area contributed by atoms with Crippen LogP contribution in [-0.2, 0) is 6.42 Å². The molecule has 0 fully saturated rings. The number of rotatable bonds is 7. The number of methoxy groups -OCH3 is 1. The van der Waals surface area contributed by atoms with E-state index in [1.54, 1.807) is 24.8 Å². The van der Waals surface area contributed by atoms with E-state index in [2.05, 4.69) is 40.6 Å². The SMILES string of the molecule is CCCNC(Cc1cc(OC)ncn1)c1sccc1C. The van der Waals surface area contributed by atoms with Crippen LogP contribution in [0.1, 0.15) is 35.5 Å². The number of thiophene rings is 1. The predicted molar refractivity (Wildman–Crippen MR) is 82.4 cm³/mol. The molecular formula is C15H21N3OS. The van der Waals surface area contributed by atoms with Gasteiger partial charge in [0.05, 0.1) is 7.11 Å². The average molecular weight is 291 g/mol. The van der Waals surface area contributed by atoms with Crippen LogP contribution in [0.4, 0.5) is 0 Å². The first kappa shape index (κ1) is 14.9. The van der Waals surface area contributed by atoms with Gasteiger partial charge in [-0.1, -0.05) is 6.92 Å². The zero-order chi connectivity index (χ0) is 14.4. The van der Waals surface area contributed by atoms with Gasteiger partial charge < -0.3 is 10.1 Å². The van der Waals surface area contributed by atoms with Crippen molar-refractivity contribution in [2.75, 3.05) is 13.7 Å². The van der Waals surface area contributed by atoms with Gasteiger partial charge in [0.25, 0.3) is 0 Å². The average Bonchev–Trinajstić information content (AvgIpc) is 2.90. The minimum atomic E-state index is 0.301. The Kier molecular flexibility index (Phi) is 5.49. The number of hydrogen-bond acceptors (Lipinski definition) is 5. The van der Waals surface area contributed by atoms with E-state index in [1.165, 1.54) is 10.4 Å². The number of ether oxygens (including phenoxy) is 1. The van der Waals surface area contributed by atoms with E-state index < -0.39 is 0 Å². The lowest BCUT2D eigenvalue weighted by Gasteiger charge is -2.18. The zero-order valence-electron chi connectivity index (χ0n) is 12.2. The maximum atomic E-state index is 5.16. The van der Waals surface area contributed by atoms with E-state index in [9.17, 15) is 0 Å². The first-order valence-electron chi connectivity index (χ1n) is 6.86. The molecule has 0 radical (unpaired) electrons. The first-order valence-corrected chi connectivity index (χ1v) is 7.74. The molecule has 0 aliphatic heterocycles. The van der Waals surface area contributed by atoms with Crippen molar-refractivity contribution in [3.8, 4) is 5.88 Å². The van der Waals surface area contributed by atoms with E-state index in [4.69, 9.17) is 4.74 Å². The monoisotopic (exact) mass is 291 g/mol. The summed E-state index contributed by atoms with van der Waals surface area (Å²) in [5.41, 5.74) is 2.34. The Balaban J connectivity index is 2.17. The standard InChI is InChI=1S/C15H21N3OS/c1-4-6-16-13(15-11(2)5-7-20-15)8-12-9-14(19-3)18-10-17-12/h5,7,9-10,13,16H,4,6,8H2,1-3H3. The third-order valence-electron chi connectivity index (χ3n) is 3.18. The van der Waals surface area contributed by atoms with Crippen LogP contribution in [0.3, 0.4) is 0 Å². The van der Waals surface area contributed by atoms with Gasteiger partial charge in [-0.15, -0.1) is 11.3 Å². The lowest BCUT2D eigenvalue weighted by molar-refractivity contribution is 0.395. The molecule has 0 saturated carbocycles. The van der Waals surface area contributed by atoms with Crippen molar-refractivity contribution < 1.29 is 4.74 Å². The van der Waals surface area contributed by atoms with Crippen LogP contribution in [0.2, 0.25) is 0 Å². The number of aryl methyl sites for hydroxylation is 1. The maximum absolute atomic E-state index is 5.16. The second kappa shape index (κ2) is 7.36. The summed E-state index contributed by atoms with van der Waals surface area (Å²) in [6, 6.07) is 4.37. The summed E-state index contributed by atoms with van der Waals surface area (Å²) in [5.74, 6) is 0.618. The highest BCUT2D eigenvalue weighted by molar-refractivity contribution is 7.10. The fraction of sp³-hybridized carbons (Fsp3) is 0.467. The van der Waals surface area contributed by atoms with Crippen LogP contribution < -0.4 is 10.1 Å². The van der Waals surface area contributed by atoms with Crippen molar-refractivity contribution >= 4 is 11.3 Å². The molecule has 2 aromatic rings. The molecule has 0 aliphatic rings. The van der Waals surface area contributed by atoms with Gasteiger partial charge in [-0.2, -0.15) is 0 Å². The van der Waals surface area contributed by atoms with Gasteiger partial charge in [-0.05, 0) is 36.9 Å². The highest BCUT2D eigenvalue weighted by Crippen LogP contribution is 2.26. The van der Waals surface area contributed by atoms with Crippen molar-refractivity contribution in [3.05, 3.63) is 40.0 Å². The molecule has 108 valence electrons. The molecule has 4 nitrogen and oxygen atoms in total. The molecule has 2 heterocycles. The largest absolute Gasteiger partial charge is 0.481 e. The number of hydrogen-bond donors (Lipinski definition) is 1. The quantitative estimate of drug-likeness (QED) is 0.851. The van der Waals surface area contributed by atoms with Gasteiger partial charge >= 0.3 is 0 Å². The summed E-state index contributed by atoms with van der Waals surface area (Å²) in [6.45, 7) is 5.34. The van der Waals surface area contributed by atoms with Crippen LogP contribution in [0.5, 0.6) is 5.88 Å². The second-order valence-corrected chi connectivity index (χ2v) is 5.68. The fourth-order valence-electron chi connectivity index (χ4n) is 2.13. The molecule has 0 bridgehead atoms. The smallest absolute Gasteiger partial charge is 0.216 e. The van der Waals surface area contributed by atoms with E-state index in [0.717, 1.165) is 25.1 Å². The topological polar surface area (TPSA) is 47.0 Å². The van der Waals surface area contributed by atoms with E-state index in [1.807, 2.05) is 6.07 Å². The lowest BCUT2D eigenvalue weighted by atomic mass is 10.1.